The molecule has 0 radical (unpaired) electrons. The smallest absolute Gasteiger partial charge is 0.330 e. The lowest BCUT2D eigenvalue weighted by atomic mass is 10.3. The summed E-state index contributed by atoms with van der Waals surface area (Å²) in [6.07, 6.45) is 2.83. The molecular formula is C12H14O4. The Kier molecular flexibility index (Phi) is 4.92. The van der Waals surface area contributed by atoms with E-state index in [0.717, 1.165) is 0 Å². The highest BCUT2D eigenvalue weighted by Crippen LogP contribution is 2.23. The molecule has 1 aromatic rings. The number of rotatable bonds is 5. The van der Waals surface area contributed by atoms with Crippen molar-refractivity contribution in [1.29, 1.82) is 0 Å². The third-order valence-corrected chi connectivity index (χ3v) is 1.74. The highest BCUT2D eigenvalue weighted by molar-refractivity contribution is 5.81. The number of carbonyl (C=O) groups excluding carboxylic acids is 1. The summed E-state index contributed by atoms with van der Waals surface area (Å²) >= 11 is 0. The van der Waals surface area contributed by atoms with Gasteiger partial charge in [-0.15, -0.1) is 0 Å². The second kappa shape index (κ2) is 6.50. The van der Waals surface area contributed by atoms with E-state index in [1.807, 2.05) is 0 Å². The highest BCUT2D eigenvalue weighted by atomic mass is 16.5. The van der Waals surface area contributed by atoms with Gasteiger partial charge in [0.1, 0.15) is 6.61 Å². The molecule has 0 saturated heterocycles. The molecule has 0 aromatic heterocycles. The SMILES string of the molecule is CCOC(=O)/C=C/COc1ccccc1O. The topological polar surface area (TPSA) is 55.8 Å². The van der Waals surface area contributed by atoms with Gasteiger partial charge in [-0.05, 0) is 25.1 Å². The normalized spacial score (nSPS) is 10.3. The fourth-order valence-corrected chi connectivity index (χ4v) is 1.05. The van der Waals surface area contributed by atoms with Crippen molar-refractivity contribution in [2.24, 2.45) is 0 Å². The maximum atomic E-state index is 10.9. The number of aromatic hydroxyl groups is 1. The number of para-hydroxylation sites is 2. The lowest BCUT2D eigenvalue weighted by Gasteiger charge is -2.04. The minimum absolute atomic E-state index is 0.0760. The molecule has 0 aliphatic rings. The maximum absolute atomic E-state index is 10.9. The van der Waals surface area contributed by atoms with Crippen LogP contribution in [0.25, 0.3) is 0 Å². The fraction of sp³-hybridized carbons (Fsp3) is 0.250. The van der Waals surface area contributed by atoms with E-state index < -0.39 is 5.97 Å². The molecule has 0 fully saturated rings. The predicted molar refractivity (Wildman–Crippen MR) is 59.4 cm³/mol. The van der Waals surface area contributed by atoms with Crippen LogP contribution in [-0.2, 0) is 9.53 Å². The van der Waals surface area contributed by atoms with Gasteiger partial charge in [0.25, 0.3) is 0 Å². The van der Waals surface area contributed by atoms with Gasteiger partial charge in [0.2, 0.25) is 0 Å². The lowest BCUT2D eigenvalue weighted by molar-refractivity contribution is -0.137. The zero-order valence-electron chi connectivity index (χ0n) is 9.05. The largest absolute Gasteiger partial charge is 0.504 e. The van der Waals surface area contributed by atoms with Crippen LogP contribution in [0, 0.1) is 0 Å². The van der Waals surface area contributed by atoms with Gasteiger partial charge in [-0.1, -0.05) is 12.1 Å². The second-order valence-corrected chi connectivity index (χ2v) is 2.93. The van der Waals surface area contributed by atoms with Crippen LogP contribution >= 0.6 is 0 Å². The Morgan fingerprint density at radius 2 is 2.19 bits per heavy atom. The number of phenols is 1. The summed E-state index contributed by atoms with van der Waals surface area (Å²) in [7, 11) is 0. The maximum Gasteiger partial charge on any atom is 0.330 e. The van der Waals surface area contributed by atoms with Crippen LogP contribution in [-0.4, -0.2) is 24.3 Å². The van der Waals surface area contributed by atoms with Crippen molar-refractivity contribution < 1.29 is 19.4 Å². The third-order valence-electron chi connectivity index (χ3n) is 1.74. The predicted octanol–water partition coefficient (Wildman–Crippen LogP) is 1.89. The molecule has 86 valence electrons. The molecule has 0 amide bonds. The fourth-order valence-electron chi connectivity index (χ4n) is 1.05. The molecule has 0 spiro atoms. The number of hydrogen-bond donors (Lipinski definition) is 1. The molecule has 4 nitrogen and oxygen atoms in total. The van der Waals surface area contributed by atoms with Crippen LogP contribution in [0.4, 0.5) is 0 Å². The van der Waals surface area contributed by atoms with Crippen molar-refractivity contribution in [2.75, 3.05) is 13.2 Å². The minimum Gasteiger partial charge on any atom is -0.504 e. The molecule has 0 saturated carbocycles. The summed E-state index contributed by atoms with van der Waals surface area (Å²) in [6.45, 7) is 2.30. The van der Waals surface area contributed by atoms with Gasteiger partial charge in [-0.2, -0.15) is 0 Å². The Morgan fingerprint density at radius 1 is 1.44 bits per heavy atom. The van der Waals surface area contributed by atoms with Crippen LogP contribution < -0.4 is 4.74 Å². The molecule has 1 aromatic carbocycles. The van der Waals surface area contributed by atoms with Crippen molar-refractivity contribution in [2.45, 2.75) is 6.92 Å². The van der Waals surface area contributed by atoms with E-state index in [-0.39, 0.29) is 12.4 Å². The van der Waals surface area contributed by atoms with E-state index in [0.29, 0.717) is 12.4 Å². The molecule has 1 N–H and O–H groups in total. The first-order chi connectivity index (χ1) is 7.74. The Bertz CT molecular complexity index is 371. The molecule has 0 heterocycles. The summed E-state index contributed by atoms with van der Waals surface area (Å²) in [5, 5.41) is 9.36. The van der Waals surface area contributed by atoms with E-state index in [1.54, 1.807) is 25.1 Å². The summed E-state index contributed by atoms with van der Waals surface area (Å²) in [4.78, 5) is 10.9. The van der Waals surface area contributed by atoms with Gasteiger partial charge < -0.3 is 14.6 Å². The third kappa shape index (κ3) is 4.04. The standard InChI is InChI=1S/C12H14O4/c1-2-15-12(14)8-5-9-16-11-7-4-3-6-10(11)13/h3-8,13H,2,9H2,1H3/b8-5+. The molecule has 0 atom stereocenters. The van der Waals surface area contributed by atoms with E-state index >= 15 is 0 Å². The van der Waals surface area contributed by atoms with Gasteiger partial charge in [0, 0.05) is 6.08 Å². The summed E-state index contributed by atoms with van der Waals surface area (Å²) in [6, 6.07) is 6.64. The molecule has 0 aliphatic heterocycles. The first-order valence-electron chi connectivity index (χ1n) is 4.98. The molecule has 1 rings (SSSR count). The molecule has 16 heavy (non-hydrogen) atoms. The van der Waals surface area contributed by atoms with Crippen LogP contribution in [0.3, 0.4) is 0 Å². The first kappa shape index (κ1) is 12.1. The summed E-state index contributed by atoms with van der Waals surface area (Å²) < 4.78 is 9.91. The molecular weight excluding hydrogens is 208 g/mol. The van der Waals surface area contributed by atoms with E-state index in [9.17, 15) is 9.90 Å². The first-order valence-corrected chi connectivity index (χ1v) is 4.98. The Balaban J connectivity index is 2.36. The minimum atomic E-state index is -0.400. The Labute approximate surface area is 94.1 Å². The van der Waals surface area contributed by atoms with E-state index in [4.69, 9.17) is 4.74 Å². The average molecular weight is 222 g/mol. The lowest BCUT2D eigenvalue weighted by Crippen LogP contribution is -2.00. The Hall–Kier alpha value is -1.97. The molecule has 0 aliphatic carbocycles. The van der Waals surface area contributed by atoms with Crippen molar-refractivity contribution in [3.05, 3.63) is 36.4 Å². The van der Waals surface area contributed by atoms with Gasteiger partial charge >= 0.3 is 5.97 Å². The number of ether oxygens (including phenoxy) is 2. The second-order valence-electron chi connectivity index (χ2n) is 2.93. The number of phenolic OH excluding ortho intramolecular Hbond substituents is 1. The van der Waals surface area contributed by atoms with Crippen molar-refractivity contribution in [3.8, 4) is 11.5 Å². The van der Waals surface area contributed by atoms with Crippen LogP contribution in [0.2, 0.25) is 0 Å². The van der Waals surface area contributed by atoms with Crippen molar-refractivity contribution in [1.82, 2.24) is 0 Å². The molecule has 4 heteroatoms. The summed E-state index contributed by atoms with van der Waals surface area (Å²) in [5.74, 6) is 0.0615. The van der Waals surface area contributed by atoms with E-state index in [2.05, 4.69) is 4.74 Å². The van der Waals surface area contributed by atoms with Crippen molar-refractivity contribution >= 4 is 5.97 Å². The zero-order valence-corrected chi connectivity index (χ0v) is 9.05. The van der Waals surface area contributed by atoms with Gasteiger partial charge in [0.05, 0.1) is 6.61 Å². The molecule has 0 bridgehead atoms. The molecule has 0 unspecified atom stereocenters. The summed E-state index contributed by atoms with van der Waals surface area (Å²) in [5.41, 5.74) is 0. The van der Waals surface area contributed by atoms with E-state index in [1.165, 1.54) is 18.2 Å². The quantitative estimate of drug-likeness (QED) is 0.610. The Morgan fingerprint density at radius 3 is 2.88 bits per heavy atom. The van der Waals surface area contributed by atoms with Crippen LogP contribution in [0.5, 0.6) is 11.5 Å². The monoisotopic (exact) mass is 222 g/mol. The van der Waals surface area contributed by atoms with Crippen molar-refractivity contribution in [3.63, 3.8) is 0 Å². The highest BCUT2D eigenvalue weighted by Gasteiger charge is 1.98. The number of esters is 1. The van der Waals surface area contributed by atoms with Crippen LogP contribution in [0.1, 0.15) is 6.92 Å². The number of hydrogen-bond acceptors (Lipinski definition) is 4. The number of carbonyl (C=O) groups is 1. The van der Waals surface area contributed by atoms with Gasteiger partial charge in [0.15, 0.2) is 11.5 Å². The van der Waals surface area contributed by atoms with Crippen LogP contribution in [0.15, 0.2) is 36.4 Å². The zero-order chi connectivity index (χ0) is 11.8. The number of benzene rings is 1. The average Bonchev–Trinajstić information content (AvgIpc) is 2.27. The van der Waals surface area contributed by atoms with Gasteiger partial charge in [-0.3, -0.25) is 0 Å². The van der Waals surface area contributed by atoms with Gasteiger partial charge in [-0.25, -0.2) is 4.79 Å².